The van der Waals surface area contributed by atoms with Crippen molar-refractivity contribution in [2.75, 3.05) is 0 Å². The fourth-order valence-corrected chi connectivity index (χ4v) is 2.97. The Labute approximate surface area is 96.6 Å². The maximum absolute atomic E-state index is 6.45. The summed E-state index contributed by atoms with van der Waals surface area (Å²) < 4.78 is 0. The number of benzene rings is 1. The van der Waals surface area contributed by atoms with Crippen LogP contribution >= 0.6 is 11.6 Å². The van der Waals surface area contributed by atoms with Crippen molar-refractivity contribution in [3.05, 3.63) is 34.9 Å². The Balaban J connectivity index is 1.89. The quantitative estimate of drug-likeness (QED) is 0.654. The van der Waals surface area contributed by atoms with Gasteiger partial charge in [0.2, 0.25) is 0 Å². The van der Waals surface area contributed by atoms with Gasteiger partial charge in [-0.25, -0.2) is 0 Å². The van der Waals surface area contributed by atoms with Gasteiger partial charge in [0, 0.05) is 0 Å². The highest BCUT2D eigenvalue weighted by Crippen LogP contribution is 2.45. The van der Waals surface area contributed by atoms with Gasteiger partial charge < -0.3 is 0 Å². The molecule has 1 heteroatoms. The number of hydrogen-bond donors (Lipinski definition) is 0. The van der Waals surface area contributed by atoms with E-state index in [1.807, 2.05) is 0 Å². The summed E-state index contributed by atoms with van der Waals surface area (Å²) in [5.41, 5.74) is 4.48. The SMILES string of the molecule is ClC(c1ccc2c(c1)CCCC2)C1CC1. The molecule has 0 aromatic heterocycles. The van der Waals surface area contributed by atoms with E-state index in [0.29, 0.717) is 0 Å². The maximum Gasteiger partial charge on any atom is 0.0613 e. The van der Waals surface area contributed by atoms with Gasteiger partial charge in [-0.15, -0.1) is 11.6 Å². The Hall–Kier alpha value is -0.490. The molecule has 0 amide bonds. The molecule has 1 aromatic rings. The number of aryl methyl sites for hydroxylation is 2. The third kappa shape index (κ3) is 1.92. The van der Waals surface area contributed by atoms with E-state index < -0.39 is 0 Å². The van der Waals surface area contributed by atoms with E-state index in [2.05, 4.69) is 18.2 Å². The van der Waals surface area contributed by atoms with Crippen LogP contribution in [-0.4, -0.2) is 0 Å². The first-order chi connectivity index (χ1) is 7.34. The van der Waals surface area contributed by atoms with Crippen LogP contribution in [0.4, 0.5) is 0 Å². The summed E-state index contributed by atoms with van der Waals surface area (Å²) in [7, 11) is 0. The molecule has 0 radical (unpaired) electrons. The molecule has 1 atom stereocenters. The lowest BCUT2D eigenvalue weighted by Crippen LogP contribution is -2.04. The zero-order chi connectivity index (χ0) is 10.3. The largest absolute Gasteiger partial charge is 0.118 e. The van der Waals surface area contributed by atoms with Crippen LogP contribution in [0.5, 0.6) is 0 Å². The van der Waals surface area contributed by atoms with Gasteiger partial charge in [0.05, 0.1) is 5.38 Å². The number of halogens is 1. The lowest BCUT2D eigenvalue weighted by molar-refractivity contribution is 0.682. The van der Waals surface area contributed by atoms with Gasteiger partial charge in [0.25, 0.3) is 0 Å². The molecule has 80 valence electrons. The van der Waals surface area contributed by atoms with E-state index in [0.717, 1.165) is 5.92 Å². The minimum Gasteiger partial charge on any atom is -0.118 e. The molecule has 1 fully saturated rings. The molecule has 0 spiro atoms. The summed E-state index contributed by atoms with van der Waals surface area (Å²) >= 11 is 6.45. The van der Waals surface area contributed by atoms with E-state index >= 15 is 0 Å². The lowest BCUT2D eigenvalue weighted by Gasteiger charge is -2.18. The maximum atomic E-state index is 6.45. The number of hydrogen-bond acceptors (Lipinski definition) is 0. The van der Waals surface area contributed by atoms with E-state index in [4.69, 9.17) is 11.6 Å². The molecule has 0 saturated heterocycles. The summed E-state index contributed by atoms with van der Waals surface area (Å²) in [6.07, 6.45) is 7.89. The molecule has 0 bridgehead atoms. The van der Waals surface area contributed by atoms with Crippen LogP contribution < -0.4 is 0 Å². The molecule has 2 aliphatic carbocycles. The first-order valence-corrected chi connectivity index (χ1v) is 6.54. The second-order valence-electron chi connectivity index (χ2n) is 4.97. The summed E-state index contributed by atoms with van der Waals surface area (Å²) in [4.78, 5) is 0. The molecular formula is C14H17Cl. The monoisotopic (exact) mass is 220 g/mol. The van der Waals surface area contributed by atoms with Crippen LogP contribution in [0.25, 0.3) is 0 Å². The fourth-order valence-electron chi connectivity index (χ4n) is 2.59. The van der Waals surface area contributed by atoms with Crippen LogP contribution in [0.15, 0.2) is 18.2 Å². The zero-order valence-corrected chi connectivity index (χ0v) is 9.76. The average Bonchev–Trinajstić information content (AvgIpc) is 3.11. The normalized spacial score (nSPS) is 22.2. The Bertz CT molecular complexity index is 366. The highest BCUT2D eigenvalue weighted by molar-refractivity contribution is 6.21. The number of alkyl halides is 1. The fraction of sp³-hybridized carbons (Fsp3) is 0.571. The molecule has 15 heavy (non-hydrogen) atoms. The van der Waals surface area contributed by atoms with Gasteiger partial charge in [0.1, 0.15) is 0 Å². The molecule has 1 unspecified atom stereocenters. The van der Waals surface area contributed by atoms with Crippen molar-refractivity contribution in [3.63, 3.8) is 0 Å². The molecule has 0 heterocycles. The van der Waals surface area contributed by atoms with Gasteiger partial charge in [-0.2, -0.15) is 0 Å². The smallest absolute Gasteiger partial charge is 0.0613 e. The predicted octanol–water partition coefficient (Wildman–Crippen LogP) is 4.26. The van der Waals surface area contributed by atoms with Crippen LogP contribution in [0.2, 0.25) is 0 Å². The van der Waals surface area contributed by atoms with Crippen molar-refractivity contribution < 1.29 is 0 Å². The highest BCUT2D eigenvalue weighted by Gasteiger charge is 2.31. The summed E-state index contributed by atoms with van der Waals surface area (Å²) in [5, 5.41) is 0.275. The van der Waals surface area contributed by atoms with E-state index in [1.165, 1.54) is 44.1 Å². The van der Waals surface area contributed by atoms with Crippen molar-refractivity contribution in [2.45, 2.75) is 43.9 Å². The lowest BCUT2D eigenvalue weighted by atomic mass is 9.89. The van der Waals surface area contributed by atoms with Crippen molar-refractivity contribution in [1.29, 1.82) is 0 Å². The Morgan fingerprint density at radius 3 is 2.53 bits per heavy atom. The van der Waals surface area contributed by atoms with E-state index in [1.54, 1.807) is 11.1 Å². The third-order valence-electron chi connectivity index (χ3n) is 3.73. The molecule has 3 rings (SSSR count). The average molecular weight is 221 g/mol. The van der Waals surface area contributed by atoms with Crippen LogP contribution in [-0.2, 0) is 12.8 Å². The molecule has 0 aliphatic heterocycles. The topological polar surface area (TPSA) is 0 Å². The van der Waals surface area contributed by atoms with Gasteiger partial charge in [0.15, 0.2) is 0 Å². The minimum atomic E-state index is 0.275. The second kappa shape index (κ2) is 3.83. The van der Waals surface area contributed by atoms with Crippen molar-refractivity contribution in [3.8, 4) is 0 Å². The van der Waals surface area contributed by atoms with Crippen molar-refractivity contribution >= 4 is 11.6 Å². The molecule has 1 saturated carbocycles. The summed E-state index contributed by atoms with van der Waals surface area (Å²) in [6, 6.07) is 6.92. The molecule has 2 aliphatic rings. The Kier molecular flexibility index (Phi) is 2.48. The Morgan fingerprint density at radius 1 is 1.07 bits per heavy atom. The van der Waals surface area contributed by atoms with Gasteiger partial charge >= 0.3 is 0 Å². The number of fused-ring (bicyclic) bond motifs is 1. The van der Waals surface area contributed by atoms with E-state index in [9.17, 15) is 0 Å². The van der Waals surface area contributed by atoms with Gasteiger partial charge in [-0.1, -0.05) is 18.2 Å². The van der Waals surface area contributed by atoms with Crippen molar-refractivity contribution in [2.24, 2.45) is 5.92 Å². The van der Waals surface area contributed by atoms with Crippen LogP contribution in [0.1, 0.15) is 47.8 Å². The second-order valence-corrected chi connectivity index (χ2v) is 5.44. The van der Waals surface area contributed by atoms with Crippen LogP contribution in [0.3, 0.4) is 0 Å². The van der Waals surface area contributed by atoms with E-state index in [-0.39, 0.29) is 5.38 Å². The molecule has 0 N–H and O–H groups in total. The van der Waals surface area contributed by atoms with Gasteiger partial charge in [-0.05, 0) is 61.1 Å². The highest BCUT2D eigenvalue weighted by atomic mass is 35.5. The molecule has 0 nitrogen and oxygen atoms in total. The Morgan fingerprint density at radius 2 is 1.80 bits per heavy atom. The summed E-state index contributed by atoms with van der Waals surface area (Å²) in [5.74, 6) is 0.758. The number of rotatable bonds is 2. The first kappa shape index (κ1) is 9.72. The zero-order valence-electron chi connectivity index (χ0n) is 9.01. The van der Waals surface area contributed by atoms with Gasteiger partial charge in [-0.3, -0.25) is 0 Å². The van der Waals surface area contributed by atoms with Crippen molar-refractivity contribution in [1.82, 2.24) is 0 Å². The third-order valence-corrected chi connectivity index (χ3v) is 4.34. The minimum absolute atomic E-state index is 0.275. The first-order valence-electron chi connectivity index (χ1n) is 6.10. The predicted molar refractivity (Wildman–Crippen MR) is 64.4 cm³/mol. The summed E-state index contributed by atoms with van der Waals surface area (Å²) in [6.45, 7) is 0. The van der Waals surface area contributed by atoms with Crippen LogP contribution in [0, 0.1) is 5.92 Å². The standard InChI is InChI=1S/C14H17Cl/c15-14(11-6-7-11)13-8-5-10-3-1-2-4-12(10)9-13/h5,8-9,11,14H,1-4,6-7H2. The molecular weight excluding hydrogens is 204 g/mol. The molecule has 1 aromatic carbocycles.